The Morgan fingerprint density at radius 3 is 2.73 bits per heavy atom. The number of nitrogens with one attached hydrogen (secondary N) is 2. The summed E-state index contributed by atoms with van der Waals surface area (Å²) in [6, 6.07) is 12.6. The van der Waals surface area contributed by atoms with E-state index in [-0.39, 0.29) is 11.9 Å². The van der Waals surface area contributed by atoms with Gasteiger partial charge >= 0.3 is 0 Å². The molecule has 0 spiro atoms. The molecule has 0 radical (unpaired) electrons. The number of hydrogen-bond acceptors (Lipinski definition) is 8. The Morgan fingerprint density at radius 1 is 1.08 bits per heavy atom. The van der Waals surface area contributed by atoms with Gasteiger partial charge in [-0.1, -0.05) is 6.92 Å². The van der Waals surface area contributed by atoms with Gasteiger partial charge in [-0.15, -0.1) is 11.3 Å². The van der Waals surface area contributed by atoms with Gasteiger partial charge in [0.15, 0.2) is 0 Å². The number of rotatable bonds is 6. The van der Waals surface area contributed by atoms with Crippen LogP contribution in [0.4, 0.5) is 17.2 Å². The number of likely N-dealkylation sites (tertiary alicyclic amines) is 1. The largest absolute Gasteiger partial charge is 0.382 e. The van der Waals surface area contributed by atoms with Crippen molar-refractivity contribution in [3.8, 4) is 11.3 Å². The number of amides is 1. The molecule has 1 aliphatic heterocycles. The van der Waals surface area contributed by atoms with E-state index in [0.29, 0.717) is 6.42 Å². The number of carbonyl (C=O) groups excluding carboxylic acids is 1. The number of thiazole rings is 1. The maximum Gasteiger partial charge on any atom is 0.222 e. The average Bonchev–Trinajstić information content (AvgIpc) is 3.57. The molecule has 1 saturated heterocycles. The summed E-state index contributed by atoms with van der Waals surface area (Å²) in [5.41, 5.74) is 7.50. The molecule has 2 aromatic carbocycles. The van der Waals surface area contributed by atoms with Crippen LogP contribution in [-0.2, 0) is 11.8 Å². The Morgan fingerprint density at radius 2 is 1.95 bits per heavy atom. The van der Waals surface area contributed by atoms with E-state index in [0.717, 1.165) is 75.5 Å². The zero-order valence-electron chi connectivity index (χ0n) is 20.8. The summed E-state index contributed by atoms with van der Waals surface area (Å²) in [4.78, 5) is 27.6. The van der Waals surface area contributed by atoms with Crippen molar-refractivity contribution in [3.63, 3.8) is 0 Å². The van der Waals surface area contributed by atoms with Crippen molar-refractivity contribution < 1.29 is 4.79 Å². The highest BCUT2D eigenvalue weighted by Gasteiger charge is 2.23. The molecule has 0 unspecified atom stereocenters. The van der Waals surface area contributed by atoms with Gasteiger partial charge in [0.05, 0.1) is 26.9 Å². The Balaban J connectivity index is 1.36. The highest BCUT2D eigenvalue weighted by atomic mass is 32.1. The van der Waals surface area contributed by atoms with Gasteiger partial charge in [0.2, 0.25) is 5.91 Å². The second-order valence-corrected chi connectivity index (χ2v) is 10.2. The van der Waals surface area contributed by atoms with Gasteiger partial charge < -0.3 is 15.5 Å². The van der Waals surface area contributed by atoms with Crippen LogP contribution in [0.2, 0.25) is 0 Å². The number of nitrogens with zero attached hydrogens (tertiary/aromatic N) is 6. The minimum atomic E-state index is 0.225. The number of hydrogen-bond donors (Lipinski definition) is 2. The second kappa shape index (κ2) is 9.78. The molecule has 1 amide bonds. The third-order valence-corrected chi connectivity index (χ3v) is 7.66. The minimum Gasteiger partial charge on any atom is -0.382 e. The molecule has 0 saturated carbocycles. The molecule has 2 N–H and O–H groups in total. The molecule has 3 aromatic heterocycles. The van der Waals surface area contributed by atoms with E-state index < -0.39 is 0 Å². The zero-order valence-corrected chi connectivity index (χ0v) is 21.6. The molecule has 4 heterocycles. The number of benzene rings is 2. The highest BCUT2D eigenvalue weighted by molar-refractivity contribution is 7.16. The Kier molecular flexibility index (Phi) is 6.17. The quantitative estimate of drug-likeness (QED) is 0.323. The molecule has 6 rings (SSSR count). The standard InChI is InChI=1S/C27H28N8OS/c1-3-26(36)35-10-6-17(7-11-35)31-24-14-20-23(13-19(24)21-8-9-34(2)33-21)28-15-29-27(20)32-18-4-5-22-25(12-18)37-16-30-22/h4-5,8-9,12-17,31H,3,6-7,10-11H2,1-2H3,(H,28,29,32). The SMILES string of the molecule is CCC(=O)N1CCC(Nc2cc3c(Nc4ccc5ncsc5c4)ncnc3cc2-c2ccn(C)n2)CC1. The highest BCUT2D eigenvalue weighted by Crippen LogP contribution is 2.35. The van der Waals surface area contributed by atoms with Crippen molar-refractivity contribution >= 4 is 55.6 Å². The third kappa shape index (κ3) is 4.72. The van der Waals surface area contributed by atoms with Gasteiger partial charge in [0.25, 0.3) is 0 Å². The first-order chi connectivity index (χ1) is 18.1. The molecule has 10 heteroatoms. The van der Waals surface area contributed by atoms with E-state index >= 15 is 0 Å². The average molecular weight is 513 g/mol. The van der Waals surface area contributed by atoms with Gasteiger partial charge in [-0.2, -0.15) is 5.10 Å². The first kappa shape index (κ1) is 23.4. The van der Waals surface area contributed by atoms with Gasteiger partial charge in [0, 0.05) is 61.1 Å². The van der Waals surface area contributed by atoms with E-state index in [9.17, 15) is 4.79 Å². The summed E-state index contributed by atoms with van der Waals surface area (Å²) in [6.07, 6.45) is 5.89. The second-order valence-electron chi connectivity index (χ2n) is 9.32. The lowest BCUT2D eigenvalue weighted by molar-refractivity contribution is -0.131. The zero-order chi connectivity index (χ0) is 25.4. The number of fused-ring (bicyclic) bond motifs is 2. The number of piperidine rings is 1. The van der Waals surface area contributed by atoms with Crippen molar-refractivity contribution in [2.45, 2.75) is 32.2 Å². The molecule has 0 aliphatic carbocycles. The van der Waals surface area contributed by atoms with Crippen LogP contribution in [0.1, 0.15) is 26.2 Å². The maximum atomic E-state index is 12.1. The molecule has 1 aliphatic rings. The van der Waals surface area contributed by atoms with Crippen molar-refractivity contribution in [2.24, 2.45) is 7.05 Å². The lowest BCUT2D eigenvalue weighted by Crippen LogP contribution is -2.42. The summed E-state index contributed by atoms with van der Waals surface area (Å²) in [7, 11) is 1.92. The van der Waals surface area contributed by atoms with Crippen LogP contribution >= 0.6 is 11.3 Å². The number of anilines is 3. The van der Waals surface area contributed by atoms with Crippen LogP contribution < -0.4 is 10.6 Å². The summed E-state index contributed by atoms with van der Waals surface area (Å²) in [5.74, 6) is 0.968. The lowest BCUT2D eigenvalue weighted by Gasteiger charge is -2.33. The molecule has 5 aromatic rings. The lowest BCUT2D eigenvalue weighted by atomic mass is 10.0. The van der Waals surface area contributed by atoms with Gasteiger partial charge in [-0.25, -0.2) is 15.0 Å². The molecule has 188 valence electrons. The fourth-order valence-electron chi connectivity index (χ4n) is 4.88. The topological polar surface area (TPSA) is 101 Å². The third-order valence-electron chi connectivity index (χ3n) is 6.87. The normalized spacial score (nSPS) is 14.4. The van der Waals surface area contributed by atoms with Gasteiger partial charge in [0.1, 0.15) is 12.1 Å². The maximum absolute atomic E-state index is 12.1. The van der Waals surface area contributed by atoms with Crippen LogP contribution in [0.25, 0.3) is 32.4 Å². The molecule has 37 heavy (non-hydrogen) atoms. The van der Waals surface area contributed by atoms with Crippen LogP contribution in [0, 0.1) is 0 Å². The summed E-state index contributed by atoms with van der Waals surface area (Å²) in [6.45, 7) is 3.46. The van der Waals surface area contributed by atoms with Gasteiger partial charge in [-0.05, 0) is 49.2 Å². The van der Waals surface area contributed by atoms with Crippen molar-refractivity contribution in [3.05, 3.63) is 54.4 Å². The first-order valence-electron chi connectivity index (χ1n) is 12.5. The molecular weight excluding hydrogens is 484 g/mol. The van der Waals surface area contributed by atoms with E-state index in [1.165, 1.54) is 0 Å². The summed E-state index contributed by atoms with van der Waals surface area (Å²) in [5, 5.41) is 12.8. The van der Waals surface area contributed by atoms with Crippen LogP contribution in [0.3, 0.4) is 0 Å². The predicted octanol–water partition coefficient (Wildman–Crippen LogP) is 5.20. The van der Waals surface area contributed by atoms with Crippen LogP contribution in [0.15, 0.2) is 54.4 Å². The van der Waals surface area contributed by atoms with Crippen LogP contribution in [-0.4, -0.2) is 54.7 Å². The van der Waals surface area contributed by atoms with Crippen molar-refractivity contribution in [1.82, 2.24) is 29.6 Å². The molecule has 0 atom stereocenters. The molecule has 0 bridgehead atoms. The number of aromatic nitrogens is 5. The van der Waals surface area contributed by atoms with Crippen LogP contribution in [0.5, 0.6) is 0 Å². The molecule has 1 fully saturated rings. The molecular formula is C27H28N8OS. The Hall–Kier alpha value is -4.05. The summed E-state index contributed by atoms with van der Waals surface area (Å²) >= 11 is 1.62. The van der Waals surface area contributed by atoms with Crippen molar-refractivity contribution in [1.29, 1.82) is 0 Å². The Labute approximate surface area is 218 Å². The number of carbonyl (C=O) groups is 1. The predicted molar refractivity (Wildman–Crippen MR) is 148 cm³/mol. The minimum absolute atomic E-state index is 0.225. The molecule has 9 nitrogen and oxygen atoms in total. The number of aryl methyl sites for hydroxylation is 1. The fraction of sp³-hybridized carbons (Fsp3) is 0.296. The van der Waals surface area contributed by atoms with E-state index in [4.69, 9.17) is 0 Å². The van der Waals surface area contributed by atoms with E-state index in [1.807, 2.05) is 48.8 Å². The Bertz CT molecular complexity index is 1580. The first-order valence-corrected chi connectivity index (χ1v) is 13.4. The monoisotopic (exact) mass is 512 g/mol. The smallest absolute Gasteiger partial charge is 0.222 e. The van der Waals surface area contributed by atoms with E-state index in [2.05, 4.69) is 48.9 Å². The van der Waals surface area contributed by atoms with Gasteiger partial charge in [-0.3, -0.25) is 9.48 Å². The summed E-state index contributed by atoms with van der Waals surface area (Å²) < 4.78 is 2.93. The van der Waals surface area contributed by atoms with E-state index in [1.54, 1.807) is 22.3 Å². The fourth-order valence-corrected chi connectivity index (χ4v) is 5.60. The van der Waals surface area contributed by atoms with Crippen molar-refractivity contribution in [2.75, 3.05) is 23.7 Å².